The molecule has 0 saturated carbocycles. The van der Waals surface area contributed by atoms with Crippen molar-refractivity contribution in [1.29, 1.82) is 0 Å². The van der Waals surface area contributed by atoms with Gasteiger partial charge in [-0.3, -0.25) is 9.69 Å². The molecular formula is C29H30N6O3. The van der Waals surface area contributed by atoms with E-state index in [0.29, 0.717) is 48.0 Å². The Kier molecular flexibility index (Phi) is 7.46. The van der Waals surface area contributed by atoms with Gasteiger partial charge in [-0.2, -0.15) is 0 Å². The van der Waals surface area contributed by atoms with Gasteiger partial charge in [-0.1, -0.05) is 67.6 Å². The molecule has 9 heteroatoms. The average molecular weight is 511 g/mol. The van der Waals surface area contributed by atoms with Gasteiger partial charge in [-0.05, 0) is 40.2 Å². The normalized spacial score (nSPS) is 12.1. The van der Waals surface area contributed by atoms with Crippen LogP contribution in [0.3, 0.4) is 0 Å². The van der Waals surface area contributed by atoms with E-state index in [4.69, 9.17) is 9.47 Å². The van der Waals surface area contributed by atoms with Gasteiger partial charge in [0.1, 0.15) is 6.04 Å². The number of fused-ring (bicyclic) bond motifs is 1. The summed E-state index contributed by atoms with van der Waals surface area (Å²) in [6, 6.07) is 25.2. The zero-order valence-electron chi connectivity index (χ0n) is 21.7. The first kappa shape index (κ1) is 25.2. The summed E-state index contributed by atoms with van der Waals surface area (Å²) in [6.45, 7) is 3.84. The van der Waals surface area contributed by atoms with Crippen molar-refractivity contribution in [3.8, 4) is 11.5 Å². The minimum absolute atomic E-state index is 0.213. The van der Waals surface area contributed by atoms with Gasteiger partial charge in [-0.15, -0.1) is 5.10 Å². The van der Waals surface area contributed by atoms with E-state index in [-0.39, 0.29) is 5.56 Å². The van der Waals surface area contributed by atoms with Crippen LogP contribution in [-0.4, -0.2) is 50.9 Å². The van der Waals surface area contributed by atoms with Crippen LogP contribution in [-0.2, 0) is 13.1 Å². The second-order valence-corrected chi connectivity index (χ2v) is 8.98. The van der Waals surface area contributed by atoms with Crippen molar-refractivity contribution in [2.75, 3.05) is 20.8 Å². The highest BCUT2D eigenvalue weighted by atomic mass is 16.5. The molecule has 0 fully saturated rings. The van der Waals surface area contributed by atoms with Gasteiger partial charge in [0, 0.05) is 23.6 Å². The van der Waals surface area contributed by atoms with Crippen LogP contribution in [0.15, 0.2) is 83.7 Å². The summed E-state index contributed by atoms with van der Waals surface area (Å²) < 4.78 is 12.7. The van der Waals surface area contributed by atoms with Crippen molar-refractivity contribution in [2.24, 2.45) is 0 Å². The zero-order valence-corrected chi connectivity index (χ0v) is 21.7. The van der Waals surface area contributed by atoms with E-state index in [1.54, 1.807) is 25.0 Å². The number of methoxy groups -OCH3 is 2. The Hall–Kier alpha value is -4.50. The van der Waals surface area contributed by atoms with Crippen molar-refractivity contribution < 1.29 is 9.47 Å². The topological polar surface area (TPSA) is 98.2 Å². The van der Waals surface area contributed by atoms with Gasteiger partial charge < -0.3 is 14.5 Å². The molecule has 1 atom stereocenters. The van der Waals surface area contributed by atoms with Crippen LogP contribution in [0.1, 0.15) is 35.5 Å². The number of nitrogens with one attached hydrogen (secondary N) is 1. The highest BCUT2D eigenvalue weighted by molar-refractivity contribution is 5.83. The number of tetrazole rings is 1. The quantitative estimate of drug-likeness (QED) is 0.301. The number of aromatic nitrogens is 5. The van der Waals surface area contributed by atoms with Gasteiger partial charge in [-0.25, -0.2) is 4.68 Å². The van der Waals surface area contributed by atoms with Gasteiger partial charge in [0.25, 0.3) is 5.56 Å². The van der Waals surface area contributed by atoms with Crippen molar-refractivity contribution in [3.05, 3.63) is 112 Å². The molecule has 0 amide bonds. The molecular weight excluding hydrogens is 480 g/mol. The number of H-pyrrole nitrogens is 1. The molecule has 2 heterocycles. The molecule has 0 aliphatic heterocycles. The number of pyridine rings is 1. The lowest BCUT2D eigenvalue weighted by molar-refractivity contribution is 0.214. The Morgan fingerprint density at radius 1 is 0.921 bits per heavy atom. The first-order valence-electron chi connectivity index (χ1n) is 12.5. The fraction of sp³-hybridized carbons (Fsp3) is 0.241. The van der Waals surface area contributed by atoms with Gasteiger partial charge in [0.2, 0.25) is 0 Å². The summed E-state index contributed by atoms with van der Waals surface area (Å²) in [6.07, 6.45) is 0. The van der Waals surface area contributed by atoms with E-state index in [2.05, 4.69) is 44.5 Å². The Balaban J connectivity index is 1.66. The monoisotopic (exact) mass is 510 g/mol. The number of ether oxygens (including phenoxy) is 2. The third kappa shape index (κ3) is 5.14. The van der Waals surface area contributed by atoms with Crippen LogP contribution >= 0.6 is 0 Å². The first-order valence-corrected chi connectivity index (χ1v) is 12.5. The van der Waals surface area contributed by atoms with Crippen LogP contribution in [0.2, 0.25) is 0 Å². The second-order valence-electron chi connectivity index (χ2n) is 8.98. The van der Waals surface area contributed by atoms with Crippen molar-refractivity contribution in [1.82, 2.24) is 30.1 Å². The summed E-state index contributed by atoms with van der Waals surface area (Å²) in [4.78, 5) is 18.9. The number of hydrogen-bond acceptors (Lipinski definition) is 7. The van der Waals surface area contributed by atoms with Crippen LogP contribution in [0.4, 0.5) is 0 Å². The third-order valence-corrected chi connectivity index (χ3v) is 6.65. The van der Waals surface area contributed by atoms with E-state index in [9.17, 15) is 4.79 Å². The largest absolute Gasteiger partial charge is 0.493 e. The predicted octanol–water partition coefficient (Wildman–Crippen LogP) is 4.19. The molecule has 0 radical (unpaired) electrons. The fourth-order valence-electron chi connectivity index (χ4n) is 4.73. The van der Waals surface area contributed by atoms with E-state index >= 15 is 0 Å². The van der Waals surface area contributed by atoms with Crippen LogP contribution in [0, 0.1) is 0 Å². The molecule has 5 rings (SSSR count). The van der Waals surface area contributed by atoms with E-state index in [1.165, 1.54) is 0 Å². The van der Waals surface area contributed by atoms with Crippen LogP contribution in [0.25, 0.3) is 10.9 Å². The molecule has 0 aliphatic carbocycles. The lowest BCUT2D eigenvalue weighted by Crippen LogP contribution is -2.35. The van der Waals surface area contributed by atoms with Gasteiger partial charge in [0.05, 0.1) is 26.3 Å². The maximum absolute atomic E-state index is 13.6. The molecule has 0 spiro atoms. The molecule has 194 valence electrons. The molecule has 0 saturated heterocycles. The maximum atomic E-state index is 13.6. The van der Waals surface area contributed by atoms with Crippen LogP contribution in [0.5, 0.6) is 11.5 Å². The van der Waals surface area contributed by atoms with E-state index in [1.807, 2.05) is 60.7 Å². The second kappa shape index (κ2) is 11.3. The number of hydrogen-bond donors (Lipinski definition) is 1. The molecule has 0 aliphatic rings. The Bertz CT molecular complexity index is 1570. The lowest BCUT2D eigenvalue weighted by Gasteiger charge is -2.30. The number of benzene rings is 3. The number of nitrogens with zero attached hydrogens (tertiary/aromatic N) is 5. The molecule has 0 unspecified atom stereocenters. The molecule has 0 bridgehead atoms. The number of rotatable bonds is 10. The molecule has 38 heavy (non-hydrogen) atoms. The van der Waals surface area contributed by atoms with Gasteiger partial charge >= 0.3 is 0 Å². The Morgan fingerprint density at radius 3 is 2.24 bits per heavy atom. The fourth-order valence-corrected chi connectivity index (χ4v) is 4.73. The molecule has 2 aromatic heterocycles. The Labute approximate surface area is 220 Å². The molecule has 1 N–H and O–H groups in total. The first-order chi connectivity index (χ1) is 18.6. The summed E-state index contributed by atoms with van der Waals surface area (Å²) in [5.41, 5.74) is 3.19. The van der Waals surface area contributed by atoms with E-state index in [0.717, 1.165) is 16.5 Å². The third-order valence-electron chi connectivity index (χ3n) is 6.65. The summed E-state index contributed by atoms with van der Waals surface area (Å²) >= 11 is 0. The molecule has 3 aromatic carbocycles. The average Bonchev–Trinajstić information content (AvgIpc) is 3.40. The maximum Gasteiger partial charge on any atom is 0.253 e. The van der Waals surface area contributed by atoms with Crippen molar-refractivity contribution in [3.63, 3.8) is 0 Å². The smallest absolute Gasteiger partial charge is 0.253 e. The standard InChI is InChI=1S/C29H30N6O3/c1-4-34(18-20-11-7-5-8-12-20)27(28-31-32-33-35(28)19-21-13-9-6-10-14-21)23-15-22-16-25(37-2)26(38-3)17-24(22)30-29(23)36/h5-17,27H,4,18-19H2,1-3H3,(H,30,36)/t27-/m0/s1. The SMILES string of the molecule is CCN(Cc1ccccc1)[C@@H](c1cc2cc(OC)c(OC)cc2[nH]c1=O)c1nnnn1Cc1ccccc1. The molecule has 5 aromatic rings. The summed E-state index contributed by atoms with van der Waals surface area (Å²) in [5, 5.41) is 13.6. The minimum atomic E-state index is -0.500. The predicted molar refractivity (Wildman–Crippen MR) is 145 cm³/mol. The van der Waals surface area contributed by atoms with Gasteiger partial charge in [0.15, 0.2) is 17.3 Å². The highest BCUT2D eigenvalue weighted by Gasteiger charge is 2.30. The zero-order chi connectivity index (χ0) is 26.5. The molecule has 9 nitrogen and oxygen atoms in total. The lowest BCUT2D eigenvalue weighted by atomic mass is 10.0. The minimum Gasteiger partial charge on any atom is -0.493 e. The highest BCUT2D eigenvalue weighted by Crippen LogP contribution is 2.33. The van der Waals surface area contributed by atoms with Crippen molar-refractivity contribution >= 4 is 10.9 Å². The summed E-state index contributed by atoms with van der Waals surface area (Å²) in [5.74, 6) is 1.73. The number of aromatic amines is 1. The Morgan fingerprint density at radius 2 is 1.58 bits per heavy atom. The van der Waals surface area contributed by atoms with Crippen LogP contribution < -0.4 is 15.0 Å². The van der Waals surface area contributed by atoms with E-state index < -0.39 is 6.04 Å². The summed E-state index contributed by atoms with van der Waals surface area (Å²) in [7, 11) is 3.16. The van der Waals surface area contributed by atoms with Crippen molar-refractivity contribution in [2.45, 2.75) is 26.1 Å².